The van der Waals surface area contributed by atoms with Crippen molar-refractivity contribution in [3.8, 4) is 0 Å². The van der Waals surface area contributed by atoms with Gasteiger partial charge in [-0.25, -0.2) is 4.98 Å². The van der Waals surface area contributed by atoms with Crippen LogP contribution < -0.4 is 5.32 Å². The van der Waals surface area contributed by atoms with E-state index in [4.69, 9.17) is 9.47 Å². The Balaban J connectivity index is 2.45. The number of anilines is 1. The van der Waals surface area contributed by atoms with Crippen molar-refractivity contribution < 1.29 is 9.47 Å². The molecule has 1 rings (SSSR count). The first-order valence-electron chi connectivity index (χ1n) is 5.04. The second-order valence-electron chi connectivity index (χ2n) is 3.37. The van der Waals surface area contributed by atoms with E-state index in [2.05, 4.69) is 10.3 Å². The molecule has 15 heavy (non-hydrogen) atoms. The van der Waals surface area contributed by atoms with Crippen molar-refractivity contribution >= 4 is 5.95 Å². The average Bonchev–Trinajstić information content (AvgIpc) is 2.66. The van der Waals surface area contributed by atoms with Gasteiger partial charge in [0.15, 0.2) is 0 Å². The number of aromatic nitrogens is 2. The molecule has 86 valence electrons. The molecule has 0 radical (unpaired) electrons. The van der Waals surface area contributed by atoms with Crippen molar-refractivity contribution in [2.45, 2.75) is 19.6 Å². The lowest BCUT2D eigenvalue weighted by atomic mass is 10.4. The van der Waals surface area contributed by atoms with E-state index in [1.165, 1.54) is 0 Å². The number of rotatable bonds is 7. The predicted octanol–water partition coefficient (Wildman–Crippen LogP) is 0.976. The van der Waals surface area contributed by atoms with Crippen molar-refractivity contribution in [2.75, 3.05) is 32.7 Å². The lowest BCUT2D eigenvalue weighted by Crippen LogP contribution is -2.18. The highest BCUT2D eigenvalue weighted by atomic mass is 16.5. The van der Waals surface area contributed by atoms with Crippen LogP contribution in [0.2, 0.25) is 0 Å². The van der Waals surface area contributed by atoms with Crippen molar-refractivity contribution in [1.29, 1.82) is 0 Å². The molecule has 0 fully saturated rings. The van der Waals surface area contributed by atoms with E-state index in [1.54, 1.807) is 20.4 Å². The molecule has 0 aliphatic carbocycles. The summed E-state index contributed by atoms with van der Waals surface area (Å²) >= 11 is 0. The molecule has 0 aromatic carbocycles. The van der Waals surface area contributed by atoms with E-state index in [9.17, 15) is 0 Å². The fraction of sp³-hybridized carbons (Fsp3) is 0.700. The fourth-order valence-corrected chi connectivity index (χ4v) is 1.24. The van der Waals surface area contributed by atoms with Crippen LogP contribution in [0.25, 0.3) is 0 Å². The van der Waals surface area contributed by atoms with Gasteiger partial charge in [-0.3, -0.25) is 0 Å². The molecule has 0 bridgehead atoms. The highest BCUT2D eigenvalue weighted by Crippen LogP contribution is 2.06. The lowest BCUT2D eigenvalue weighted by Gasteiger charge is -2.13. The molecular formula is C10H19N3O2. The third kappa shape index (κ3) is 3.89. The molecule has 1 unspecified atom stereocenters. The van der Waals surface area contributed by atoms with Gasteiger partial charge in [0.25, 0.3) is 0 Å². The summed E-state index contributed by atoms with van der Waals surface area (Å²) in [6.45, 7) is 4.26. The van der Waals surface area contributed by atoms with Crippen LogP contribution >= 0.6 is 0 Å². The van der Waals surface area contributed by atoms with Gasteiger partial charge in [-0.05, 0) is 6.92 Å². The Morgan fingerprint density at radius 1 is 1.53 bits per heavy atom. The molecule has 0 saturated carbocycles. The quantitative estimate of drug-likeness (QED) is 0.686. The summed E-state index contributed by atoms with van der Waals surface area (Å²) < 4.78 is 12.2. The Morgan fingerprint density at radius 2 is 2.33 bits per heavy atom. The molecular weight excluding hydrogens is 194 g/mol. The summed E-state index contributed by atoms with van der Waals surface area (Å²) in [7, 11) is 3.39. The van der Waals surface area contributed by atoms with Crippen LogP contribution in [0.5, 0.6) is 0 Å². The van der Waals surface area contributed by atoms with Crippen LogP contribution in [0, 0.1) is 0 Å². The van der Waals surface area contributed by atoms with E-state index >= 15 is 0 Å². The third-order valence-electron chi connectivity index (χ3n) is 2.16. The second kappa shape index (κ2) is 6.42. The maximum absolute atomic E-state index is 5.20. The normalized spacial score (nSPS) is 12.7. The minimum absolute atomic E-state index is 0.183. The first kappa shape index (κ1) is 12.0. The number of methoxy groups -OCH3 is 2. The third-order valence-corrected chi connectivity index (χ3v) is 2.16. The topological polar surface area (TPSA) is 48.3 Å². The number of ether oxygens (including phenoxy) is 2. The van der Waals surface area contributed by atoms with Gasteiger partial charge in [-0.1, -0.05) is 0 Å². The Hall–Kier alpha value is -1.07. The van der Waals surface area contributed by atoms with Crippen molar-refractivity contribution in [2.24, 2.45) is 0 Å². The van der Waals surface area contributed by atoms with E-state index < -0.39 is 0 Å². The van der Waals surface area contributed by atoms with Gasteiger partial charge in [0, 0.05) is 33.2 Å². The number of imidazole rings is 1. The molecule has 0 aliphatic heterocycles. The molecule has 1 aromatic rings. The summed E-state index contributed by atoms with van der Waals surface area (Å²) in [5.41, 5.74) is 0. The van der Waals surface area contributed by atoms with Crippen molar-refractivity contribution in [3.63, 3.8) is 0 Å². The molecule has 0 spiro atoms. The van der Waals surface area contributed by atoms with Crippen molar-refractivity contribution in [3.05, 3.63) is 12.4 Å². The Morgan fingerprint density at radius 3 is 3.00 bits per heavy atom. The molecule has 1 N–H and O–H groups in total. The second-order valence-corrected chi connectivity index (χ2v) is 3.37. The van der Waals surface area contributed by atoms with Crippen LogP contribution in [0.4, 0.5) is 5.95 Å². The first-order chi connectivity index (χ1) is 7.27. The average molecular weight is 213 g/mol. The van der Waals surface area contributed by atoms with Gasteiger partial charge in [0.1, 0.15) is 0 Å². The Labute approximate surface area is 90.4 Å². The van der Waals surface area contributed by atoms with E-state index in [0.29, 0.717) is 6.61 Å². The molecule has 0 saturated heterocycles. The van der Waals surface area contributed by atoms with E-state index in [-0.39, 0.29) is 6.10 Å². The summed E-state index contributed by atoms with van der Waals surface area (Å²) in [5.74, 6) is 0.857. The van der Waals surface area contributed by atoms with E-state index in [1.807, 2.05) is 17.7 Å². The zero-order chi connectivity index (χ0) is 11.1. The predicted molar refractivity (Wildman–Crippen MR) is 59.1 cm³/mol. The van der Waals surface area contributed by atoms with E-state index in [0.717, 1.165) is 19.0 Å². The number of nitrogens with one attached hydrogen (secondary N) is 1. The van der Waals surface area contributed by atoms with Gasteiger partial charge >= 0.3 is 0 Å². The highest BCUT2D eigenvalue weighted by molar-refractivity contribution is 5.25. The summed E-state index contributed by atoms with van der Waals surface area (Å²) in [6.07, 6.45) is 3.89. The minimum atomic E-state index is 0.183. The molecule has 5 heteroatoms. The Kier molecular flexibility index (Phi) is 5.14. The molecule has 0 aliphatic rings. The van der Waals surface area contributed by atoms with Crippen LogP contribution in [0.3, 0.4) is 0 Å². The molecule has 5 nitrogen and oxygen atoms in total. The van der Waals surface area contributed by atoms with Gasteiger partial charge in [-0.15, -0.1) is 0 Å². The monoisotopic (exact) mass is 213 g/mol. The van der Waals surface area contributed by atoms with Gasteiger partial charge in [0.05, 0.1) is 19.3 Å². The molecule has 1 heterocycles. The summed E-state index contributed by atoms with van der Waals surface area (Å²) in [6, 6.07) is 0. The SMILES string of the molecule is COCCNc1nccn1CC(C)OC. The maximum atomic E-state index is 5.20. The van der Waals surface area contributed by atoms with Crippen LogP contribution in [-0.2, 0) is 16.0 Å². The zero-order valence-electron chi connectivity index (χ0n) is 9.56. The van der Waals surface area contributed by atoms with Crippen molar-refractivity contribution in [1.82, 2.24) is 9.55 Å². The van der Waals surface area contributed by atoms with Gasteiger partial charge in [-0.2, -0.15) is 0 Å². The maximum Gasteiger partial charge on any atom is 0.202 e. The summed E-state index contributed by atoms with van der Waals surface area (Å²) in [4.78, 5) is 4.22. The van der Waals surface area contributed by atoms with Gasteiger partial charge < -0.3 is 19.4 Å². The molecule has 1 atom stereocenters. The standard InChI is InChI=1S/C10H19N3O2/c1-9(15-3)8-13-6-4-11-10(13)12-5-7-14-2/h4,6,9H,5,7-8H2,1-3H3,(H,11,12). The molecule has 0 amide bonds. The Bertz CT molecular complexity index is 275. The van der Waals surface area contributed by atoms with Gasteiger partial charge in [0.2, 0.25) is 5.95 Å². The largest absolute Gasteiger partial charge is 0.383 e. The van der Waals surface area contributed by atoms with Crippen LogP contribution in [-0.4, -0.2) is 43.0 Å². The lowest BCUT2D eigenvalue weighted by molar-refractivity contribution is 0.104. The number of hydrogen-bond donors (Lipinski definition) is 1. The first-order valence-corrected chi connectivity index (χ1v) is 5.04. The minimum Gasteiger partial charge on any atom is -0.383 e. The highest BCUT2D eigenvalue weighted by Gasteiger charge is 2.05. The number of hydrogen-bond acceptors (Lipinski definition) is 4. The summed E-state index contributed by atoms with van der Waals surface area (Å²) in [5, 5.41) is 3.19. The fourth-order valence-electron chi connectivity index (χ4n) is 1.24. The van der Waals surface area contributed by atoms with Crippen LogP contribution in [0.15, 0.2) is 12.4 Å². The van der Waals surface area contributed by atoms with Crippen LogP contribution in [0.1, 0.15) is 6.92 Å². The smallest absolute Gasteiger partial charge is 0.202 e. The zero-order valence-corrected chi connectivity index (χ0v) is 9.56. The number of nitrogens with zero attached hydrogens (tertiary/aromatic N) is 2. The molecule has 1 aromatic heterocycles.